The minimum atomic E-state index is -0.753. The van der Waals surface area contributed by atoms with E-state index in [2.05, 4.69) is 42.0 Å². The van der Waals surface area contributed by atoms with Crippen molar-refractivity contribution in [3.63, 3.8) is 0 Å². The summed E-state index contributed by atoms with van der Waals surface area (Å²) in [5.41, 5.74) is 3.07. The van der Waals surface area contributed by atoms with Gasteiger partial charge in [-0.3, -0.25) is 14.9 Å². The first-order valence-corrected chi connectivity index (χ1v) is 9.65. The second kappa shape index (κ2) is 7.36. The molecule has 1 N–H and O–H groups in total. The smallest absolute Gasteiger partial charge is 0.273 e. The predicted molar refractivity (Wildman–Crippen MR) is 113 cm³/mol. The molecule has 144 valence electrons. The number of amides is 4. The molecule has 2 aromatic rings. The monoisotopic (exact) mass is 440 g/mol. The van der Waals surface area contributed by atoms with Gasteiger partial charge >= 0.3 is 6.03 Å². The highest BCUT2D eigenvalue weighted by atomic mass is 79.9. The summed E-state index contributed by atoms with van der Waals surface area (Å²) in [6.45, 7) is 8.20. The van der Waals surface area contributed by atoms with E-state index in [1.54, 1.807) is 18.2 Å². The van der Waals surface area contributed by atoms with Gasteiger partial charge in [-0.25, -0.2) is 9.69 Å². The number of barbiturate groups is 1. The van der Waals surface area contributed by atoms with Crippen LogP contribution in [0, 0.1) is 6.92 Å². The summed E-state index contributed by atoms with van der Waals surface area (Å²) < 4.78 is 0.867. The Hall–Kier alpha value is -2.73. The molecular formula is C22H21BrN2O3. The topological polar surface area (TPSA) is 66.5 Å². The Labute approximate surface area is 172 Å². The number of hydrogen-bond donors (Lipinski definition) is 1. The number of halogens is 1. The average molecular weight is 441 g/mol. The normalized spacial score (nSPS) is 16.5. The van der Waals surface area contributed by atoms with Crippen LogP contribution in [0.3, 0.4) is 0 Å². The van der Waals surface area contributed by atoms with Crippen LogP contribution in [0.5, 0.6) is 0 Å². The number of nitrogens with one attached hydrogen (secondary N) is 1. The molecule has 0 spiro atoms. The van der Waals surface area contributed by atoms with Crippen LogP contribution in [-0.2, 0) is 15.0 Å². The molecule has 0 aliphatic carbocycles. The van der Waals surface area contributed by atoms with E-state index >= 15 is 0 Å². The maximum absolute atomic E-state index is 12.9. The summed E-state index contributed by atoms with van der Waals surface area (Å²) in [5, 5.41) is 2.25. The van der Waals surface area contributed by atoms with Crippen molar-refractivity contribution in [1.82, 2.24) is 5.32 Å². The highest BCUT2D eigenvalue weighted by Crippen LogP contribution is 2.27. The lowest BCUT2D eigenvalue weighted by molar-refractivity contribution is -0.122. The highest BCUT2D eigenvalue weighted by Gasteiger charge is 2.36. The fourth-order valence-electron chi connectivity index (χ4n) is 2.91. The van der Waals surface area contributed by atoms with E-state index < -0.39 is 17.8 Å². The molecule has 0 radical (unpaired) electrons. The number of anilines is 1. The predicted octanol–water partition coefficient (Wildman–Crippen LogP) is 4.72. The second-order valence-corrected chi connectivity index (χ2v) is 8.62. The lowest BCUT2D eigenvalue weighted by atomic mass is 9.86. The van der Waals surface area contributed by atoms with Crippen molar-refractivity contribution < 1.29 is 14.4 Å². The van der Waals surface area contributed by atoms with E-state index in [-0.39, 0.29) is 11.0 Å². The summed E-state index contributed by atoms with van der Waals surface area (Å²) in [6, 6.07) is 12.0. The highest BCUT2D eigenvalue weighted by molar-refractivity contribution is 9.10. The van der Waals surface area contributed by atoms with Gasteiger partial charge in [-0.2, -0.15) is 0 Å². The summed E-state index contributed by atoms with van der Waals surface area (Å²) >= 11 is 3.40. The average Bonchev–Trinajstić information content (AvgIpc) is 2.61. The van der Waals surface area contributed by atoms with Gasteiger partial charge in [-0.15, -0.1) is 0 Å². The van der Waals surface area contributed by atoms with E-state index in [1.165, 1.54) is 6.08 Å². The van der Waals surface area contributed by atoms with Crippen molar-refractivity contribution in [2.45, 2.75) is 33.1 Å². The van der Waals surface area contributed by atoms with Crippen LogP contribution < -0.4 is 10.2 Å². The first-order chi connectivity index (χ1) is 13.1. The molecule has 1 saturated heterocycles. The molecule has 3 rings (SSSR count). The molecule has 4 amide bonds. The molecule has 0 bridgehead atoms. The summed E-state index contributed by atoms with van der Waals surface area (Å²) in [5.74, 6) is -1.34. The number of urea groups is 1. The van der Waals surface area contributed by atoms with E-state index in [1.807, 2.05) is 31.2 Å². The molecule has 2 aromatic carbocycles. The third-order valence-corrected chi connectivity index (χ3v) is 5.48. The Kier molecular flexibility index (Phi) is 5.26. The number of aryl methyl sites for hydroxylation is 1. The van der Waals surface area contributed by atoms with Gasteiger partial charge in [-0.05, 0) is 53.3 Å². The number of nitrogens with zero attached hydrogens (tertiary/aromatic N) is 1. The lowest BCUT2D eigenvalue weighted by Gasteiger charge is -2.26. The Morgan fingerprint density at radius 3 is 2.21 bits per heavy atom. The van der Waals surface area contributed by atoms with Crippen LogP contribution in [0.15, 0.2) is 52.5 Å². The number of hydrogen-bond acceptors (Lipinski definition) is 3. The standard InChI is InChI=1S/C22H21BrN2O3/c1-13-11-16(9-10-18(13)23)25-20(27)17(19(26)24-21(25)28)12-14-5-7-15(8-6-14)22(2,3)4/h5-12H,1-4H3,(H,24,26,28)/b17-12-. The number of imide groups is 2. The van der Waals surface area contributed by atoms with Crippen molar-refractivity contribution in [1.29, 1.82) is 0 Å². The molecule has 28 heavy (non-hydrogen) atoms. The zero-order valence-corrected chi connectivity index (χ0v) is 17.8. The third kappa shape index (κ3) is 3.92. The number of carbonyl (C=O) groups excluding carboxylic acids is 3. The zero-order chi connectivity index (χ0) is 20.6. The molecule has 0 unspecified atom stereocenters. The van der Waals surface area contributed by atoms with Gasteiger partial charge in [-0.1, -0.05) is 61.0 Å². The van der Waals surface area contributed by atoms with Crippen molar-refractivity contribution in [3.05, 3.63) is 69.2 Å². The molecule has 1 fully saturated rings. The third-order valence-electron chi connectivity index (χ3n) is 4.59. The summed E-state index contributed by atoms with van der Waals surface area (Å²) in [6.07, 6.45) is 1.51. The summed E-state index contributed by atoms with van der Waals surface area (Å²) in [7, 11) is 0. The lowest BCUT2D eigenvalue weighted by Crippen LogP contribution is -2.54. The van der Waals surface area contributed by atoms with Crippen LogP contribution in [0.25, 0.3) is 6.08 Å². The molecule has 1 aliphatic heterocycles. The van der Waals surface area contributed by atoms with Crippen LogP contribution in [0.2, 0.25) is 0 Å². The van der Waals surface area contributed by atoms with Gasteiger partial charge in [0, 0.05) is 4.47 Å². The number of benzene rings is 2. The van der Waals surface area contributed by atoms with Crippen LogP contribution in [-0.4, -0.2) is 17.8 Å². The Morgan fingerprint density at radius 2 is 1.64 bits per heavy atom. The fourth-order valence-corrected chi connectivity index (χ4v) is 3.15. The summed E-state index contributed by atoms with van der Waals surface area (Å²) in [4.78, 5) is 38.5. The van der Waals surface area contributed by atoms with Gasteiger partial charge in [0.15, 0.2) is 0 Å². The Morgan fingerprint density at radius 1 is 1.00 bits per heavy atom. The number of carbonyl (C=O) groups is 3. The zero-order valence-electron chi connectivity index (χ0n) is 16.2. The van der Waals surface area contributed by atoms with Gasteiger partial charge < -0.3 is 0 Å². The van der Waals surface area contributed by atoms with Crippen LogP contribution in [0.4, 0.5) is 10.5 Å². The van der Waals surface area contributed by atoms with Crippen molar-refractivity contribution in [2.24, 2.45) is 0 Å². The van der Waals surface area contributed by atoms with Crippen molar-refractivity contribution in [3.8, 4) is 0 Å². The minimum Gasteiger partial charge on any atom is -0.273 e. The first-order valence-electron chi connectivity index (χ1n) is 8.86. The molecule has 0 aromatic heterocycles. The van der Waals surface area contributed by atoms with E-state index in [0.29, 0.717) is 11.3 Å². The second-order valence-electron chi connectivity index (χ2n) is 7.76. The van der Waals surface area contributed by atoms with Crippen molar-refractivity contribution in [2.75, 3.05) is 4.90 Å². The molecule has 0 saturated carbocycles. The SMILES string of the molecule is Cc1cc(N2C(=O)NC(=O)/C(=C/c3ccc(C(C)(C)C)cc3)C2=O)ccc1Br. The largest absolute Gasteiger partial charge is 0.335 e. The van der Waals surface area contributed by atoms with Crippen LogP contribution >= 0.6 is 15.9 Å². The quantitative estimate of drug-likeness (QED) is 0.542. The van der Waals surface area contributed by atoms with Crippen molar-refractivity contribution >= 4 is 45.5 Å². The number of rotatable bonds is 2. The molecule has 0 atom stereocenters. The van der Waals surface area contributed by atoms with Gasteiger partial charge in [0.1, 0.15) is 5.57 Å². The molecule has 5 nitrogen and oxygen atoms in total. The molecule has 6 heteroatoms. The Balaban J connectivity index is 1.97. The van der Waals surface area contributed by atoms with E-state index in [0.717, 1.165) is 20.5 Å². The van der Waals surface area contributed by atoms with E-state index in [9.17, 15) is 14.4 Å². The molecule has 1 heterocycles. The van der Waals surface area contributed by atoms with E-state index in [4.69, 9.17) is 0 Å². The molecular weight excluding hydrogens is 420 g/mol. The van der Waals surface area contributed by atoms with Gasteiger partial charge in [0.2, 0.25) is 0 Å². The van der Waals surface area contributed by atoms with Gasteiger partial charge in [0.25, 0.3) is 11.8 Å². The molecule has 1 aliphatic rings. The Bertz CT molecular complexity index is 1000. The maximum Gasteiger partial charge on any atom is 0.335 e. The minimum absolute atomic E-state index is 0.00632. The van der Waals surface area contributed by atoms with Crippen LogP contribution in [0.1, 0.15) is 37.5 Å². The maximum atomic E-state index is 12.9. The first kappa shape index (κ1) is 20.0. The van der Waals surface area contributed by atoms with Gasteiger partial charge in [0.05, 0.1) is 5.69 Å². The fraction of sp³-hybridized carbons (Fsp3) is 0.227.